The molecule has 0 spiro atoms. The Hall–Kier alpha value is -1.52. The van der Waals surface area contributed by atoms with Crippen molar-refractivity contribution in [3.63, 3.8) is 0 Å². The molecule has 1 heterocycles. The van der Waals surface area contributed by atoms with Crippen molar-refractivity contribution in [3.8, 4) is 0 Å². The molecule has 0 atom stereocenters. The second-order valence-electron chi connectivity index (χ2n) is 6.96. The van der Waals surface area contributed by atoms with Crippen molar-refractivity contribution in [3.05, 3.63) is 12.3 Å². The quantitative estimate of drug-likeness (QED) is 0.875. The molecule has 4 aliphatic rings. The van der Waals surface area contributed by atoms with E-state index in [0.717, 1.165) is 23.7 Å². The fourth-order valence-electron chi connectivity index (χ4n) is 5.00. The maximum absolute atomic E-state index is 12.2. The van der Waals surface area contributed by atoms with E-state index in [1.807, 2.05) is 0 Å². The standard InChI is InChI=1S/C15H22N4O/c16-13-1-2-19(18-13)8-14(20)17-15-11-4-9-3-10(6-11)7-12(15)5-9/h1-2,9-12,15H,3-8H2,(H2,16,18)(H,17,20). The van der Waals surface area contributed by atoms with Gasteiger partial charge in [0.1, 0.15) is 12.4 Å². The third-order valence-electron chi connectivity index (χ3n) is 5.52. The lowest BCUT2D eigenvalue weighted by Gasteiger charge is -2.54. The minimum Gasteiger partial charge on any atom is -0.382 e. The van der Waals surface area contributed by atoms with Gasteiger partial charge < -0.3 is 11.1 Å². The van der Waals surface area contributed by atoms with Crippen LogP contribution in [0.1, 0.15) is 32.1 Å². The number of aromatic nitrogens is 2. The van der Waals surface area contributed by atoms with Crippen LogP contribution in [-0.4, -0.2) is 21.7 Å². The first-order valence-corrected chi connectivity index (χ1v) is 7.75. The Morgan fingerprint density at radius 1 is 1.25 bits per heavy atom. The molecule has 1 amide bonds. The average molecular weight is 274 g/mol. The van der Waals surface area contributed by atoms with Crippen LogP contribution in [0.3, 0.4) is 0 Å². The normalized spacial score (nSPS) is 38.1. The molecule has 5 nitrogen and oxygen atoms in total. The minimum atomic E-state index is 0.0746. The number of nitrogens with one attached hydrogen (secondary N) is 1. The lowest BCUT2D eigenvalue weighted by molar-refractivity contribution is -0.125. The molecule has 3 N–H and O–H groups in total. The van der Waals surface area contributed by atoms with Crippen LogP contribution >= 0.6 is 0 Å². The van der Waals surface area contributed by atoms with Crippen LogP contribution in [0.15, 0.2) is 12.3 Å². The van der Waals surface area contributed by atoms with Gasteiger partial charge in [-0.1, -0.05) is 0 Å². The molecule has 0 unspecified atom stereocenters. The summed E-state index contributed by atoms with van der Waals surface area (Å²) in [5.41, 5.74) is 5.57. The number of anilines is 1. The van der Waals surface area contributed by atoms with E-state index in [2.05, 4.69) is 10.4 Å². The molecule has 4 bridgehead atoms. The van der Waals surface area contributed by atoms with Crippen LogP contribution in [0.25, 0.3) is 0 Å². The number of hydrogen-bond donors (Lipinski definition) is 2. The highest BCUT2D eigenvalue weighted by Crippen LogP contribution is 2.53. The average Bonchev–Trinajstić information content (AvgIpc) is 2.78. The van der Waals surface area contributed by atoms with Gasteiger partial charge >= 0.3 is 0 Å². The fraction of sp³-hybridized carbons (Fsp3) is 0.733. The zero-order chi connectivity index (χ0) is 13.7. The van der Waals surface area contributed by atoms with Gasteiger partial charge in [0.05, 0.1) is 0 Å². The topological polar surface area (TPSA) is 72.9 Å². The van der Waals surface area contributed by atoms with E-state index in [1.165, 1.54) is 32.1 Å². The van der Waals surface area contributed by atoms with Gasteiger partial charge in [-0.3, -0.25) is 9.48 Å². The Bertz CT molecular complexity index is 496. The summed E-state index contributed by atoms with van der Waals surface area (Å²) in [5, 5.41) is 7.35. The summed E-state index contributed by atoms with van der Waals surface area (Å²) in [6.07, 6.45) is 8.50. The molecule has 4 aliphatic carbocycles. The molecule has 5 heteroatoms. The fourth-order valence-corrected chi connectivity index (χ4v) is 5.00. The third kappa shape index (κ3) is 2.09. The van der Waals surface area contributed by atoms with Crippen LogP contribution in [0, 0.1) is 23.7 Å². The third-order valence-corrected chi connectivity index (χ3v) is 5.52. The molecule has 4 saturated carbocycles. The molecule has 0 radical (unpaired) electrons. The Labute approximate surface area is 118 Å². The van der Waals surface area contributed by atoms with Crippen LogP contribution in [-0.2, 0) is 11.3 Å². The highest BCUT2D eigenvalue weighted by Gasteiger charge is 2.48. The smallest absolute Gasteiger partial charge is 0.241 e. The maximum Gasteiger partial charge on any atom is 0.241 e. The second-order valence-corrected chi connectivity index (χ2v) is 6.96. The van der Waals surface area contributed by atoms with Crippen molar-refractivity contribution < 1.29 is 4.79 Å². The Kier molecular flexibility index (Phi) is 2.75. The first-order valence-electron chi connectivity index (χ1n) is 7.75. The summed E-state index contributed by atoms with van der Waals surface area (Å²) < 4.78 is 1.61. The number of rotatable bonds is 3. The lowest BCUT2D eigenvalue weighted by atomic mass is 9.54. The first kappa shape index (κ1) is 12.2. The Morgan fingerprint density at radius 2 is 1.90 bits per heavy atom. The number of amides is 1. The van der Waals surface area contributed by atoms with Gasteiger partial charge in [0, 0.05) is 12.2 Å². The van der Waals surface area contributed by atoms with Crippen molar-refractivity contribution in [2.75, 3.05) is 5.73 Å². The van der Waals surface area contributed by atoms with Gasteiger partial charge in [0.15, 0.2) is 0 Å². The van der Waals surface area contributed by atoms with Gasteiger partial charge in [-0.15, -0.1) is 0 Å². The molecule has 0 aromatic carbocycles. The summed E-state index contributed by atoms with van der Waals surface area (Å²) in [6, 6.07) is 2.12. The molecular weight excluding hydrogens is 252 g/mol. The van der Waals surface area contributed by atoms with Gasteiger partial charge in [-0.05, 0) is 61.8 Å². The molecule has 1 aromatic heterocycles. The maximum atomic E-state index is 12.2. The van der Waals surface area contributed by atoms with Gasteiger partial charge in [0.2, 0.25) is 5.91 Å². The lowest BCUT2D eigenvalue weighted by Crippen LogP contribution is -2.56. The van der Waals surface area contributed by atoms with E-state index in [0.29, 0.717) is 11.9 Å². The number of nitrogen functional groups attached to an aromatic ring is 1. The molecule has 4 fully saturated rings. The molecule has 108 valence electrons. The molecule has 0 aliphatic heterocycles. The summed E-state index contributed by atoms with van der Waals surface area (Å²) >= 11 is 0. The molecule has 0 saturated heterocycles. The van der Waals surface area contributed by atoms with E-state index in [1.54, 1.807) is 16.9 Å². The minimum absolute atomic E-state index is 0.0746. The predicted octanol–water partition coefficient (Wildman–Crippen LogP) is 1.41. The van der Waals surface area contributed by atoms with Crippen molar-refractivity contribution >= 4 is 11.7 Å². The van der Waals surface area contributed by atoms with Crippen molar-refractivity contribution in [2.24, 2.45) is 23.7 Å². The van der Waals surface area contributed by atoms with Crippen molar-refractivity contribution in [1.29, 1.82) is 0 Å². The van der Waals surface area contributed by atoms with E-state index >= 15 is 0 Å². The largest absolute Gasteiger partial charge is 0.382 e. The molecular formula is C15H22N4O. The van der Waals surface area contributed by atoms with Gasteiger partial charge in [0.25, 0.3) is 0 Å². The Morgan fingerprint density at radius 3 is 2.45 bits per heavy atom. The summed E-state index contributed by atoms with van der Waals surface area (Å²) in [5.74, 6) is 3.86. The van der Waals surface area contributed by atoms with Crippen molar-refractivity contribution in [2.45, 2.75) is 44.7 Å². The van der Waals surface area contributed by atoms with E-state index < -0.39 is 0 Å². The zero-order valence-electron chi connectivity index (χ0n) is 11.7. The Balaban J connectivity index is 1.40. The van der Waals surface area contributed by atoms with Crippen molar-refractivity contribution in [1.82, 2.24) is 15.1 Å². The highest BCUT2D eigenvalue weighted by molar-refractivity contribution is 5.76. The van der Waals surface area contributed by atoms with E-state index in [9.17, 15) is 4.79 Å². The zero-order valence-corrected chi connectivity index (χ0v) is 11.7. The van der Waals surface area contributed by atoms with E-state index in [4.69, 9.17) is 5.73 Å². The first-order chi connectivity index (χ1) is 9.67. The second kappa shape index (κ2) is 4.50. The monoisotopic (exact) mass is 274 g/mol. The van der Waals surface area contributed by atoms with Crippen LogP contribution in [0.4, 0.5) is 5.82 Å². The summed E-state index contributed by atoms with van der Waals surface area (Å²) in [7, 11) is 0. The van der Waals surface area contributed by atoms with Gasteiger partial charge in [-0.25, -0.2) is 0 Å². The van der Waals surface area contributed by atoms with Gasteiger partial charge in [-0.2, -0.15) is 5.10 Å². The SMILES string of the molecule is Nc1ccn(CC(=O)NC2C3CC4CC(C3)CC2C4)n1. The van der Waals surface area contributed by atoms with Crippen LogP contribution < -0.4 is 11.1 Å². The van der Waals surface area contributed by atoms with Crippen LogP contribution in [0.5, 0.6) is 0 Å². The molecule has 1 aromatic rings. The summed E-state index contributed by atoms with van der Waals surface area (Å²) in [6.45, 7) is 0.278. The number of nitrogens with two attached hydrogens (primary N) is 1. The predicted molar refractivity (Wildman–Crippen MR) is 75.6 cm³/mol. The van der Waals surface area contributed by atoms with E-state index in [-0.39, 0.29) is 12.5 Å². The number of carbonyl (C=O) groups is 1. The number of nitrogens with zero attached hydrogens (tertiary/aromatic N) is 2. The molecule has 20 heavy (non-hydrogen) atoms. The van der Waals surface area contributed by atoms with Crippen LogP contribution in [0.2, 0.25) is 0 Å². The number of carbonyl (C=O) groups excluding carboxylic acids is 1. The summed E-state index contributed by atoms with van der Waals surface area (Å²) in [4.78, 5) is 12.2. The highest BCUT2D eigenvalue weighted by atomic mass is 16.2. The number of hydrogen-bond acceptors (Lipinski definition) is 3. The molecule has 5 rings (SSSR count).